The van der Waals surface area contributed by atoms with Gasteiger partial charge in [0.25, 0.3) is 0 Å². The molecule has 84 valence electrons. The highest BCUT2D eigenvalue weighted by Gasteiger charge is 2.46. The van der Waals surface area contributed by atoms with Gasteiger partial charge in [-0.3, -0.25) is 9.59 Å². The first kappa shape index (κ1) is 10.8. The molecule has 0 N–H and O–H groups in total. The summed E-state index contributed by atoms with van der Waals surface area (Å²) in [5, 5.41) is 0. The molecule has 2 heterocycles. The van der Waals surface area contributed by atoms with Crippen molar-refractivity contribution >= 4 is 11.6 Å². The fourth-order valence-corrected chi connectivity index (χ4v) is 2.46. The lowest BCUT2D eigenvalue weighted by Crippen LogP contribution is -2.51. The van der Waals surface area contributed by atoms with Gasteiger partial charge in [-0.2, -0.15) is 0 Å². The molecule has 0 aromatic heterocycles. The lowest BCUT2D eigenvalue weighted by molar-refractivity contribution is -0.291. The van der Waals surface area contributed by atoms with Gasteiger partial charge in [-0.15, -0.1) is 0 Å². The minimum absolute atomic E-state index is 0.121. The molecular weight excluding hydrogens is 196 g/mol. The normalized spacial score (nSPS) is 35.9. The van der Waals surface area contributed by atoms with Gasteiger partial charge < -0.3 is 9.47 Å². The van der Waals surface area contributed by atoms with Crippen molar-refractivity contribution in [2.75, 3.05) is 0 Å². The first-order chi connectivity index (χ1) is 6.99. The second kappa shape index (κ2) is 3.68. The number of hydrogen-bond donors (Lipinski definition) is 0. The van der Waals surface area contributed by atoms with Crippen LogP contribution in [-0.2, 0) is 19.1 Å². The Labute approximate surface area is 88.9 Å². The second-order valence-electron chi connectivity index (χ2n) is 4.61. The Hall–Kier alpha value is -0.740. The van der Waals surface area contributed by atoms with E-state index in [-0.39, 0.29) is 36.6 Å². The van der Waals surface area contributed by atoms with Crippen LogP contribution in [0.4, 0.5) is 0 Å². The van der Waals surface area contributed by atoms with E-state index in [1.165, 1.54) is 0 Å². The van der Waals surface area contributed by atoms with Crippen LogP contribution in [-0.4, -0.2) is 29.6 Å². The van der Waals surface area contributed by atoms with Crippen molar-refractivity contribution in [2.24, 2.45) is 0 Å². The molecule has 0 unspecified atom stereocenters. The Balaban J connectivity index is 2.16. The van der Waals surface area contributed by atoms with E-state index in [0.717, 1.165) is 0 Å². The summed E-state index contributed by atoms with van der Waals surface area (Å²) >= 11 is 0. The highest BCUT2D eigenvalue weighted by atomic mass is 16.7. The van der Waals surface area contributed by atoms with Crippen molar-refractivity contribution in [1.82, 2.24) is 0 Å². The summed E-state index contributed by atoms with van der Waals surface area (Å²) in [6, 6.07) is 0. The number of ether oxygens (including phenoxy) is 2. The molecule has 1 spiro atoms. The molecule has 0 aliphatic carbocycles. The molecule has 0 amide bonds. The predicted octanol–water partition coefficient (Wildman–Crippen LogP) is 1.22. The van der Waals surface area contributed by atoms with Gasteiger partial charge >= 0.3 is 0 Å². The van der Waals surface area contributed by atoms with Crippen LogP contribution in [0.1, 0.15) is 39.5 Å². The zero-order chi connectivity index (χ0) is 11.1. The molecule has 2 rings (SSSR count). The van der Waals surface area contributed by atoms with Crippen molar-refractivity contribution in [3.05, 3.63) is 0 Å². The number of carbonyl (C=O) groups excluding carboxylic acids is 2. The molecule has 0 radical (unpaired) electrons. The number of ketones is 2. The lowest BCUT2D eigenvalue weighted by Gasteiger charge is -2.43. The van der Waals surface area contributed by atoms with Gasteiger partial charge in [0.2, 0.25) is 0 Å². The first-order valence-corrected chi connectivity index (χ1v) is 5.38. The van der Waals surface area contributed by atoms with Gasteiger partial charge in [0.05, 0.1) is 25.0 Å². The van der Waals surface area contributed by atoms with Crippen molar-refractivity contribution in [1.29, 1.82) is 0 Å². The van der Waals surface area contributed by atoms with E-state index in [4.69, 9.17) is 9.47 Å². The summed E-state index contributed by atoms with van der Waals surface area (Å²) in [4.78, 5) is 23.0. The Morgan fingerprint density at radius 3 is 1.73 bits per heavy atom. The van der Waals surface area contributed by atoms with Crippen LogP contribution >= 0.6 is 0 Å². The van der Waals surface area contributed by atoms with Gasteiger partial charge in [0, 0.05) is 12.8 Å². The standard InChI is InChI=1S/C11H16O4/c1-7-3-9(12)5-11(14-7)6-10(13)4-8(2)15-11/h7-8H,3-6H2,1-2H3/t7-,8-,11?/m1/s1. The molecule has 2 aliphatic rings. The van der Waals surface area contributed by atoms with Crippen LogP contribution in [0.3, 0.4) is 0 Å². The number of hydrogen-bond acceptors (Lipinski definition) is 4. The molecular formula is C11H16O4. The SMILES string of the molecule is C[C@@H]1CC(=O)CC2(CC(=O)C[C@@H](C)O2)O1. The average Bonchev–Trinajstić information content (AvgIpc) is 1.96. The topological polar surface area (TPSA) is 52.6 Å². The molecule has 15 heavy (non-hydrogen) atoms. The molecule has 2 aliphatic heterocycles. The van der Waals surface area contributed by atoms with E-state index in [9.17, 15) is 9.59 Å². The number of Topliss-reactive ketones (excluding diaryl/α,β-unsaturated/α-hetero) is 2. The number of rotatable bonds is 0. The molecule has 0 bridgehead atoms. The van der Waals surface area contributed by atoms with Gasteiger partial charge in [-0.05, 0) is 13.8 Å². The zero-order valence-electron chi connectivity index (χ0n) is 9.12. The Kier molecular flexibility index (Phi) is 2.64. The quantitative estimate of drug-likeness (QED) is 0.605. The highest BCUT2D eigenvalue weighted by molar-refractivity contribution is 5.84. The van der Waals surface area contributed by atoms with Gasteiger partial charge in [0.15, 0.2) is 5.79 Å². The summed E-state index contributed by atoms with van der Waals surface area (Å²) in [6.07, 6.45) is 0.982. The summed E-state index contributed by atoms with van der Waals surface area (Å²) in [6.45, 7) is 3.68. The van der Waals surface area contributed by atoms with Crippen LogP contribution in [0.5, 0.6) is 0 Å². The lowest BCUT2D eigenvalue weighted by atomic mass is 9.92. The molecule has 4 heteroatoms. The molecule has 0 aromatic rings. The van der Waals surface area contributed by atoms with Crippen LogP contribution in [0.15, 0.2) is 0 Å². The smallest absolute Gasteiger partial charge is 0.182 e. The third-order valence-electron chi connectivity index (χ3n) is 2.80. The van der Waals surface area contributed by atoms with Gasteiger partial charge in [-0.1, -0.05) is 0 Å². The van der Waals surface area contributed by atoms with E-state index < -0.39 is 5.79 Å². The zero-order valence-corrected chi connectivity index (χ0v) is 9.12. The minimum Gasteiger partial charge on any atom is -0.346 e. The predicted molar refractivity (Wildman–Crippen MR) is 52.3 cm³/mol. The second-order valence-corrected chi connectivity index (χ2v) is 4.61. The highest BCUT2D eigenvalue weighted by Crippen LogP contribution is 2.36. The third-order valence-corrected chi connectivity index (χ3v) is 2.80. The van der Waals surface area contributed by atoms with Gasteiger partial charge in [-0.25, -0.2) is 0 Å². The summed E-state index contributed by atoms with van der Waals surface area (Å²) in [5.74, 6) is -0.713. The first-order valence-electron chi connectivity index (χ1n) is 5.38. The van der Waals surface area contributed by atoms with Crippen molar-refractivity contribution in [2.45, 2.75) is 57.5 Å². The van der Waals surface area contributed by atoms with Crippen LogP contribution in [0.25, 0.3) is 0 Å². The monoisotopic (exact) mass is 212 g/mol. The summed E-state index contributed by atoms with van der Waals surface area (Å²) in [5.41, 5.74) is 0. The third kappa shape index (κ3) is 2.26. The van der Waals surface area contributed by atoms with E-state index >= 15 is 0 Å². The van der Waals surface area contributed by atoms with Crippen molar-refractivity contribution in [3.8, 4) is 0 Å². The molecule has 0 saturated carbocycles. The maximum Gasteiger partial charge on any atom is 0.182 e. The summed E-state index contributed by atoms with van der Waals surface area (Å²) in [7, 11) is 0. The summed E-state index contributed by atoms with van der Waals surface area (Å²) < 4.78 is 11.3. The van der Waals surface area contributed by atoms with E-state index in [1.54, 1.807) is 0 Å². The average molecular weight is 212 g/mol. The molecule has 2 fully saturated rings. The minimum atomic E-state index is -0.955. The van der Waals surface area contributed by atoms with E-state index in [2.05, 4.69) is 0 Å². The maximum absolute atomic E-state index is 11.5. The fourth-order valence-electron chi connectivity index (χ4n) is 2.46. The largest absolute Gasteiger partial charge is 0.346 e. The Morgan fingerprint density at radius 2 is 1.40 bits per heavy atom. The van der Waals surface area contributed by atoms with E-state index in [0.29, 0.717) is 12.8 Å². The molecule has 2 saturated heterocycles. The Bertz CT molecular complexity index is 267. The molecule has 2 atom stereocenters. The van der Waals surface area contributed by atoms with Crippen molar-refractivity contribution < 1.29 is 19.1 Å². The number of carbonyl (C=O) groups is 2. The van der Waals surface area contributed by atoms with Crippen LogP contribution < -0.4 is 0 Å². The Morgan fingerprint density at radius 1 is 1.00 bits per heavy atom. The van der Waals surface area contributed by atoms with Gasteiger partial charge in [0.1, 0.15) is 11.6 Å². The van der Waals surface area contributed by atoms with E-state index in [1.807, 2.05) is 13.8 Å². The molecule has 4 nitrogen and oxygen atoms in total. The van der Waals surface area contributed by atoms with Crippen molar-refractivity contribution in [3.63, 3.8) is 0 Å². The maximum atomic E-state index is 11.5. The fraction of sp³-hybridized carbons (Fsp3) is 0.818. The van der Waals surface area contributed by atoms with Crippen LogP contribution in [0, 0.1) is 0 Å². The molecule has 0 aromatic carbocycles. The van der Waals surface area contributed by atoms with Crippen LogP contribution in [0.2, 0.25) is 0 Å².